The van der Waals surface area contributed by atoms with E-state index in [4.69, 9.17) is 0 Å². The van der Waals surface area contributed by atoms with E-state index < -0.39 is 0 Å². The Morgan fingerprint density at radius 2 is 1.95 bits per heavy atom. The predicted octanol–water partition coefficient (Wildman–Crippen LogP) is 3.95. The van der Waals surface area contributed by atoms with Crippen molar-refractivity contribution >= 4 is 33.4 Å². The van der Waals surface area contributed by atoms with Crippen LogP contribution in [-0.2, 0) is 0 Å². The number of thioether (sulfide) groups is 1. The average Bonchev–Trinajstić information content (AvgIpc) is 2.98. The molecule has 0 saturated heterocycles. The SMILES string of the molecule is CC1=C(c2ccc3ccccc3c2)N2CCN=C2S1. The smallest absolute Gasteiger partial charge is 0.168 e. The van der Waals surface area contributed by atoms with E-state index in [-0.39, 0.29) is 0 Å². The molecular formula is C16H14N2S. The van der Waals surface area contributed by atoms with Crippen molar-refractivity contribution in [2.75, 3.05) is 13.1 Å². The molecule has 19 heavy (non-hydrogen) atoms. The van der Waals surface area contributed by atoms with Crippen LogP contribution in [0.1, 0.15) is 12.5 Å². The zero-order chi connectivity index (χ0) is 12.8. The average molecular weight is 266 g/mol. The molecule has 0 bridgehead atoms. The van der Waals surface area contributed by atoms with E-state index in [0.29, 0.717) is 0 Å². The normalized spacial score (nSPS) is 18.2. The van der Waals surface area contributed by atoms with Gasteiger partial charge in [-0.3, -0.25) is 4.99 Å². The molecule has 0 unspecified atom stereocenters. The standard InChI is InChI=1S/C16H14N2S/c1-11-15(18-9-8-17-16(18)19-11)14-7-6-12-4-2-3-5-13(12)10-14/h2-7,10H,8-9H2,1H3. The first kappa shape index (κ1) is 11.1. The third kappa shape index (κ3) is 1.69. The van der Waals surface area contributed by atoms with Crippen LogP contribution in [0.25, 0.3) is 16.5 Å². The van der Waals surface area contributed by atoms with Gasteiger partial charge >= 0.3 is 0 Å². The van der Waals surface area contributed by atoms with Gasteiger partial charge in [-0.2, -0.15) is 0 Å². The molecule has 2 heterocycles. The summed E-state index contributed by atoms with van der Waals surface area (Å²) in [6.07, 6.45) is 0. The molecule has 0 spiro atoms. The molecule has 0 N–H and O–H groups in total. The van der Waals surface area contributed by atoms with Gasteiger partial charge in [0.05, 0.1) is 12.2 Å². The third-order valence-corrected chi connectivity index (χ3v) is 4.70. The lowest BCUT2D eigenvalue weighted by atomic mass is 10.0. The van der Waals surface area contributed by atoms with E-state index >= 15 is 0 Å². The Labute approximate surface area is 116 Å². The maximum atomic E-state index is 4.55. The zero-order valence-electron chi connectivity index (χ0n) is 10.8. The van der Waals surface area contributed by atoms with Gasteiger partial charge in [0.25, 0.3) is 0 Å². The van der Waals surface area contributed by atoms with Gasteiger partial charge in [0.1, 0.15) is 0 Å². The molecule has 3 heteroatoms. The van der Waals surface area contributed by atoms with Crippen molar-refractivity contribution < 1.29 is 0 Å². The second kappa shape index (κ2) is 4.14. The van der Waals surface area contributed by atoms with Crippen molar-refractivity contribution in [1.29, 1.82) is 0 Å². The lowest BCUT2D eigenvalue weighted by Gasteiger charge is -2.17. The molecule has 2 aromatic carbocycles. The minimum atomic E-state index is 0.923. The summed E-state index contributed by atoms with van der Waals surface area (Å²) in [6, 6.07) is 15.2. The van der Waals surface area contributed by atoms with Gasteiger partial charge in [0.2, 0.25) is 0 Å². The molecule has 2 aliphatic rings. The highest BCUT2D eigenvalue weighted by Crippen LogP contribution is 2.41. The summed E-state index contributed by atoms with van der Waals surface area (Å²) in [5, 5.41) is 3.76. The number of allylic oxidation sites excluding steroid dienone is 1. The number of nitrogens with zero attached hydrogens (tertiary/aromatic N) is 2. The van der Waals surface area contributed by atoms with Gasteiger partial charge in [-0.25, -0.2) is 0 Å². The van der Waals surface area contributed by atoms with E-state index in [0.717, 1.165) is 13.1 Å². The number of hydrogen-bond acceptors (Lipinski definition) is 3. The Bertz CT molecular complexity index is 730. The van der Waals surface area contributed by atoms with Gasteiger partial charge < -0.3 is 4.90 Å². The summed E-state index contributed by atoms with van der Waals surface area (Å²) in [6.45, 7) is 4.13. The second-order valence-corrected chi connectivity index (χ2v) is 6.07. The lowest BCUT2D eigenvalue weighted by Crippen LogP contribution is -2.19. The summed E-state index contributed by atoms with van der Waals surface area (Å²) >= 11 is 1.80. The van der Waals surface area contributed by atoms with Crippen molar-refractivity contribution in [2.24, 2.45) is 4.99 Å². The molecule has 0 aliphatic carbocycles. The van der Waals surface area contributed by atoms with Crippen LogP contribution in [-0.4, -0.2) is 23.2 Å². The Morgan fingerprint density at radius 3 is 2.84 bits per heavy atom. The molecule has 94 valence electrons. The topological polar surface area (TPSA) is 15.6 Å². The van der Waals surface area contributed by atoms with E-state index in [1.54, 1.807) is 11.8 Å². The van der Waals surface area contributed by atoms with E-state index in [2.05, 4.69) is 59.3 Å². The van der Waals surface area contributed by atoms with Crippen LogP contribution in [0.4, 0.5) is 0 Å². The van der Waals surface area contributed by atoms with E-state index in [1.165, 1.54) is 32.1 Å². The predicted molar refractivity (Wildman–Crippen MR) is 83.1 cm³/mol. The Balaban J connectivity index is 1.86. The summed E-state index contributed by atoms with van der Waals surface area (Å²) < 4.78 is 0. The molecule has 0 radical (unpaired) electrons. The van der Waals surface area contributed by atoms with Crippen LogP contribution in [0.2, 0.25) is 0 Å². The minimum absolute atomic E-state index is 0.923. The van der Waals surface area contributed by atoms with Gasteiger partial charge in [0.15, 0.2) is 5.17 Å². The molecule has 0 amide bonds. The fourth-order valence-corrected chi connectivity index (χ4v) is 3.84. The van der Waals surface area contributed by atoms with Crippen LogP contribution < -0.4 is 0 Å². The highest BCUT2D eigenvalue weighted by atomic mass is 32.2. The molecule has 0 saturated carbocycles. The fraction of sp³-hybridized carbons (Fsp3) is 0.188. The lowest BCUT2D eigenvalue weighted by molar-refractivity contribution is 0.648. The first-order valence-electron chi connectivity index (χ1n) is 6.53. The van der Waals surface area contributed by atoms with Gasteiger partial charge in [-0.15, -0.1) is 0 Å². The van der Waals surface area contributed by atoms with Crippen molar-refractivity contribution in [3.05, 3.63) is 52.9 Å². The quantitative estimate of drug-likeness (QED) is 0.776. The van der Waals surface area contributed by atoms with Crippen LogP contribution >= 0.6 is 11.8 Å². The second-order valence-electron chi connectivity index (χ2n) is 4.88. The Morgan fingerprint density at radius 1 is 1.11 bits per heavy atom. The maximum Gasteiger partial charge on any atom is 0.168 e. The molecule has 4 rings (SSSR count). The number of hydrogen-bond donors (Lipinski definition) is 0. The number of rotatable bonds is 1. The molecule has 2 aliphatic heterocycles. The largest absolute Gasteiger partial charge is 0.318 e. The zero-order valence-corrected chi connectivity index (χ0v) is 11.6. The fourth-order valence-electron chi connectivity index (χ4n) is 2.79. The molecule has 0 fully saturated rings. The summed E-state index contributed by atoms with van der Waals surface area (Å²) in [5.41, 5.74) is 2.64. The van der Waals surface area contributed by atoms with Crippen molar-refractivity contribution in [2.45, 2.75) is 6.92 Å². The number of aliphatic imine (C=N–C) groups is 1. The third-order valence-electron chi connectivity index (χ3n) is 3.67. The van der Waals surface area contributed by atoms with E-state index in [1.807, 2.05) is 0 Å². The van der Waals surface area contributed by atoms with Crippen molar-refractivity contribution in [3.8, 4) is 0 Å². The number of benzene rings is 2. The molecule has 0 aromatic heterocycles. The van der Waals surface area contributed by atoms with Crippen LogP contribution in [0.3, 0.4) is 0 Å². The molecule has 0 atom stereocenters. The number of fused-ring (bicyclic) bond motifs is 2. The monoisotopic (exact) mass is 266 g/mol. The molecule has 2 aromatic rings. The maximum absolute atomic E-state index is 4.55. The summed E-state index contributed by atoms with van der Waals surface area (Å²) in [5.74, 6) is 0. The van der Waals surface area contributed by atoms with Crippen molar-refractivity contribution in [1.82, 2.24) is 4.90 Å². The highest BCUT2D eigenvalue weighted by molar-refractivity contribution is 8.17. The Kier molecular flexibility index (Phi) is 2.42. The molecule has 2 nitrogen and oxygen atoms in total. The first-order valence-corrected chi connectivity index (χ1v) is 7.34. The van der Waals surface area contributed by atoms with Gasteiger partial charge in [-0.05, 0) is 29.3 Å². The summed E-state index contributed by atoms with van der Waals surface area (Å²) in [7, 11) is 0. The van der Waals surface area contributed by atoms with Gasteiger partial charge in [0, 0.05) is 11.4 Å². The minimum Gasteiger partial charge on any atom is -0.318 e. The highest BCUT2D eigenvalue weighted by Gasteiger charge is 2.30. The van der Waals surface area contributed by atoms with Crippen molar-refractivity contribution in [3.63, 3.8) is 0 Å². The number of amidine groups is 1. The van der Waals surface area contributed by atoms with Crippen LogP contribution in [0.15, 0.2) is 52.4 Å². The summed E-state index contributed by atoms with van der Waals surface area (Å²) in [4.78, 5) is 8.26. The molecular weight excluding hydrogens is 252 g/mol. The van der Waals surface area contributed by atoms with E-state index in [9.17, 15) is 0 Å². The van der Waals surface area contributed by atoms with Crippen LogP contribution in [0.5, 0.6) is 0 Å². The van der Waals surface area contributed by atoms with Crippen LogP contribution in [0, 0.1) is 0 Å². The Hall–Kier alpha value is -1.74. The van der Waals surface area contributed by atoms with Gasteiger partial charge in [-0.1, -0.05) is 48.2 Å². The first-order chi connectivity index (χ1) is 9.33.